The lowest BCUT2D eigenvalue weighted by Gasteiger charge is -2.24. The van der Waals surface area contributed by atoms with Crippen LogP contribution < -0.4 is 0 Å². The molecule has 0 radical (unpaired) electrons. The fraction of sp³-hybridized carbons (Fsp3) is 0.667. The molecular formula is C15H24N2S. The molecule has 2 rings (SSSR count). The van der Waals surface area contributed by atoms with Crippen LogP contribution in [0, 0.1) is 0 Å². The van der Waals surface area contributed by atoms with Crippen molar-refractivity contribution >= 4 is 11.8 Å². The van der Waals surface area contributed by atoms with Crippen molar-refractivity contribution in [1.82, 2.24) is 9.88 Å². The highest BCUT2D eigenvalue weighted by Gasteiger charge is 2.25. The van der Waals surface area contributed by atoms with Crippen LogP contribution in [0.3, 0.4) is 0 Å². The Hall–Kier alpha value is -0.540. The highest BCUT2D eigenvalue weighted by atomic mass is 32.2. The van der Waals surface area contributed by atoms with Crippen molar-refractivity contribution in [3.8, 4) is 0 Å². The minimum absolute atomic E-state index is 0.603. The van der Waals surface area contributed by atoms with Crippen LogP contribution >= 0.6 is 11.8 Å². The number of nitrogens with zero attached hydrogens (tertiary/aromatic N) is 2. The molecule has 1 unspecified atom stereocenters. The van der Waals surface area contributed by atoms with E-state index in [0.29, 0.717) is 11.3 Å². The number of hydrogen-bond donors (Lipinski definition) is 0. The Bertz CT molecular complexity index is 361. The van der Waals surface area contributed by atoms with E-state index in [0.717, 1.165) is 5.03 Å². The van der Waals surface area contributed by atoms with E-state index in [1.807, 2.05) is 11.8 Å². The maximum atomic E-state index is 4.59. The second kappa shape index (κ2) is 6.58. The quantitative estimate of drug-likeness (QED) is 0.744. The molecule has 0 saturated carbocycles. The molecule has 18 heavy (non-hydrogen) atoms. The van der Waals surface area contributed by atoms with Crippen molar-refractivity contribution in [2.24, 2.45) is 0 Å². The molecule has 0 aromatic carbocycles. The Labute approximate surface area is 115 Å². The predicted octanol–water partition coefficient (Wildman–Crippen LogP) is 4.13. The second-order valence-electron chi connectivity index (χ2n) is 5.29. The third-order valence-corrected chi connectivity index (χ3v) is 4.33. The fourth-order valence-corrected chi connectivity index (χ4v) is 3.40. The van der Waals surface area contributed by atoms with E-state index < -0.39 is 0 Å². The summed E-state index contributed by atoms with van der Waals surface area (Å²) in [5.74, 6) is 0. The summed E-state index contributed by atoms with van der Waals surface area (Å²) in [6.45, 7) is 9.14. The summed E-state index contributed by atoms with van der Waals surface area (Å²) >= 11 is 1.84. The summed E-state index contributed by atoms with van der Waals surface area (Å²) in [6, 6.07) is 5.06. The molecule has 1 fully saturated rings. The molecule has 1 atom stereocenters. The van der Waals surface area contributed by atoms with Crippen LogP contribution in [-0.4, -0.2) is 28.2 Å². The van der Waals surface area contributed by atoms with Crippen molar-refractivity contribution in [3.63, 3.8) is 0 Å². The number of thioether (sulfide) groups is 1. The van der Waals surface area contributed by atoms with Gasteiger partial charge in [0.1, 0.15) is 0 Å². The van der Waals surface area contributed by atoms with Gasteiger partial charge in [0.15, 0.2) is 0 Å². The Morgan fingerprint density at radius 1 is 1.44 bits per heavy atom. The maximum absolute atomic E-state index is 4.59. The van der Waals surface area contributed by atoms with Gasteiger partial charge in [-0.3, -0.25) is 4.90 Å². The minimum atomic E-state index is 0.603. The van der Waals surface area contributed by atoms with Gasteiger partial charge in [-0.1, -0.05) is 26.8 Å². The normalized spacial score (nSPS) is 20.8. The third-order valence-electron chi connectivity index (χ3n) is 3.37. The predicted molar refractivity (Wildman–Crippen MR) is 79.1 cm³/mol. The van der Waals surface area contributed by atoms with Gasteiger partial charge >= 0.3 is 0 Å². The first-order chi connectivity index (χ1) is 8.70. The zero-order valence-corrected chi connectivity index (χ0v) is 12.5. The average molecular weight is 264 g/mol. The van der Waals surface area contributed by atoms with Crippen LogP contribution in [0.5, 0.6) is 0 Å². The molecule has 1 aromatic heterocycles. The Morgan fingerprint density at radius 3 is 2.89 bits per heavy atom. The molecule has 1 saturated heterocycles. The topological polar surface area (TPSA) is 16.1 Å². The first-order valence-corrected chi connectivity index (χ1v) is 7.95. The molecule has 0 N–H and O–H groups in total. The molecule has 1 aromatic rings. The van der Waals surface area contributed by atoms with Gasteiger partial charge < -0.3 is 0 Å². The van der Waals surface area contributed by atoms with Crippen LogP contribution in [0.15, 0.2) is 23.4 Å². The molecular weight excluding hydrogens is 240 g/mol. The van der Waals surface area contributed by atoms with E-state index in [-0.39, 0.29) is 0 Å². The summed E-state index contributed by atoms with van der Waals surface area (Å²) in [5, 5.41) is 1.75. The number of hydrogen-bond acceptors (Lipinski definition) is 3. The van der Waals surface area contributed by atoms with Gasteiger partial charge in [-0.2, -0.15) is 0 Å². The fourth-order valence-electron chi connectivity index (χ4n) is 2.66. The molecule has 0 aliphatic carbocycles. The number of aromatic nitrogens is 1. The molecule has 3 heteroatoms. The van der Waals surface area contributed by atoms with Gasteiger partial charge in [0.2, 0.25) is 0 Å². The standard InChI is InChI=1S/C15H24N2S/c1-4-9-17-10-5-6-14(17)13-7-8-15(16-11-13)18-12(2)3/h7-8,11-12,14H,4-6,9-10H2,1-3H3. The molecule has 2 heterocycles. The number of rotatable bonds is 5. The van der Waals surface area contributed by atoms with Crippen LogP contribution in [0.4, 0.5) is 0 Å². The van der Waals surface area contributed by atoms with Crippen molar-refractivity contribution in [2.45, 2.75) is 56.4 Å². The van der Waals surface area contributed by atoms with E-state index in [1.165, 1.54) is 37.9 Å². The van der Waals surface area contributed by atoms with Gasteiger partial charge in [0.05, 0.1) is 5.03 Å². The van der Waals surface area contributed by atoms with Gasteiger partial charge in [-0.05, 0) is 44.0 Å². The summed E-state index contributed by atoms with van der Waals surface area (Å²) < 4.78 is 0. The lowest BCUT2D eigenvalue weighted by atomic mass is 10.1. The van der Waals surface area contributed by atoms with Crippen molar-refractivity contribution in [1.29, 1.82) is 0 Å². The first kappa shape index (κ1) is 13.9. The summed E-state index contributed by atoms with van der Waals surface area (Å²) in [4.78, 5) is 7.20. The molecule has 2 nitrogen and oxygen atoms in total. The van der Waals surface area contributed by atoms with Crippen LogP contribution in [0.25, 0.3) is 0 Å². The lowest BCUT2D eigenvalue weighted by molar-refractivity contribution is 0.257. The summed E-state index contributed by atoms with van der Waals surface area (Å²) in [5.41, 5.74) is 1.40. The second-order valence-corrected chi connectivity index (χ2v) is 6.89. The molecule has 1 aliphatic rings. The molecule has 0 bridgehead atoms. The maximum Gasteiger partial charge on any atom is 0.0962 e. The molecule has 100 valence electrons. The van der Waals surface area contributed by atoms with E-state index in [2.05, 4.69) is 49.0 Å². The Morgan fingerprint density at radius 2 is 2.28 bits per heavy atom. The van der Waals surface area contributed by atoms with E-state index in [9.17, 15) is 0 Å². The van der Waals surface area contributed by atoms with Crippen molar-refractivity contribution in [3.05, 3.63) is 23.9 Å². The highest BCUT2D eigenvalue weighted by molar-refractivity contribution is 7.99. The molecule has 0 spiro atoms. The molecule has 0 amide bonds. The summed E-state index contributed by atoms with van der Waals surface area (Å²) in [6.07, 6.45) is 5.94. The largest absolute Gasteiger partial charge is 0.296 e. The van der Waals surface area contributed by atoms with Crippen molar-refractivity contribution < 1.29 is 0 Å². The van der Waals surface area contributed by atoms with Gasteiger partial charge in [-0.15, -0.1) is 11.8 Å². The SMILES string of the molecule is CCCN1CCCC1c1ccc(SC(C)C)nc1. The van der Waals surface area contributed by atoms with Crippen LogP contribution in [0.2, 0.25) is 0 Å². The summed E-state index contributed by atoms with van der Waals surface area (Å²) in [7, 11) is 0. The smallest absolute Gasteiger partial charge is 0.0962 e. The van der Waals surface area contributed by atoms with E-state index in [1.54, 1.807) is 0 Å². The van der Waals surface area contributed by atoms with Gasteiger partial charge in [0, 0.05) is 17.5 Å². The van der Waals surface area contributed by atoms with Crippen molar-refractivity contribution in [2.75, 3.05) is 13.1 Å². The Balaban J connectivity index is 2.04. The van der Waals surface area contributed by atoms with Gasteiger partial charge in [0.25, 0.3) is 0 Å². The number of pyridine rings is 1. The molecule has 1 aliphatic heterocycles. The van der Waals surface area contributed by atoms with Crippen LogP contribution in [-0.2, 0) is 0 Å². The van der Waals surface area contributed by atoms with Crippen LogP contribution in [0.1, 0.15) is 51.6 Å². The van der Waals surface area contributed by atoms with E-state index >= 15 is 0 Å². The Kier molecular flexibility index (Phi) is 5.07. The minimum Gasteiger partial charge on any atom is -0.296 e. The zero-order valence-electron chi connectivity index (χ0n) is 11.7. The average Bonchev–Trinajstić information content (AvgIpc) is 2.78. The van der Waals surface area contributed by atoms with Gasteiger partial charge in [-0.25, -0.2) is 4.98 Å². The first-order valence-electron chi connectivity index (χ1n) is 7.07. The lowest BCUT2D eigenvalue weighted by Crippen LogP contribution is -2.24. The zero-order chi connectivity index (χ0) is 13.0. The third kappa shape index (κ3) is 3.48. The monoisotopic (exact) mass is 264 g/mol. The number of likely N-dealkylation sites (tertiary alicyclic amines) is 1. The van der Waals surface area contributed by atoms with E-state index in [4.69, 9.17) is 0 Å². The highest BCUT2D eigenvalue weighted by Crippen LogP contribution is 2.32.